The van der Waals surface area contributed by atoms with Crippen LogP contribution in [0.25, 0.3) is 0 Å². The lowest BCUT2D eigenvalue weighted by Crippen LogP contribution is -2.21. The largest absolute Gasteiger partial charge is 0.371 e. The van der Waals surface area contributed by atoms with Crippen LogP contribution in [-0.4, -0.2) is 29.6 Å². The molecular formula is C7H12N4O. The Bertz CT molecular complexity index is 292. The van der Waals surface area contributed by atoms with Crippen molar-refractivity contribution in [2.75, 3.05) is 19.4 Å². The fourth-order valence-corrected chi connectivity index (χ4v) is 0.999. The Morgan fingerprint density at radius 3 is 2.75 bits per heavy atom. The summed E-state index contributed by atoms with van der Waals surface area (Å²) in [4.78, 5) is 15.3. The van der Waals surface area contributed by atoms with E-state index in [1.165, 1.54) is 0 Å². The third-order valence-corrected chi connectivity index (χ3v) is 1.62. The van der Waals surface area contributed by atoms with Crippen LogP contribution in [-0.2, 0) is 7.05 Å². The predicted octanol–water partition coefficient (Wildman–Crippen LogP) is -0.179. The number of rotatable bonds is 2. The SMILES string of the molecule is CNC(=O)c1c(NC)ncn1C. The normalized spacial score (nSPS) is 9.58. The van der Waals surface area contributed by atoms with Crippen LogP contribution < -0.4 is 10.6 Å². The summed E-state index contributed by atoms with van der Waals surface area (Å²) < 4.78 is 1.67. The molecule has 0 spiro atoms. The van der Waals surface area contributed by atoms with E-state index in [9.17, 15) is 4.79 Å². The zero-order chi connectivity index (χ0) is 9.14. The van der Waals surface area contributed by atoms with Crippen LogP contribution >= 0.6 is 0 Å². The van der Waals surface area contributed by atoms with E-state index in [0.29, 0.717) is 11.5 Å². The maximum Gasteiger partial charge on any atom is 0.271 e. The number of imidazole rings is 1. The van der Waals surface area contributed by atoms with Crippen molar-refractivity contribution < 1.29 is 4.79 Å². The number of anilines is 1. The van der Waals surface area contributed by atoms with Gasteiger partial charge in [-0.2, -0.15) is 0 Å². The lowest BCUT2D eigenvalue weighted by molar-refractivity contribution is 0.0956. The van der Waals surface area contributed by atoms with Crippen molar-refractivity contribution in [3.05, 3.63) is 12.0 Å². The summed E-state index contributed by atoms with van der Waals surface area (Å²) >= 11 is 0. The second kappa shape index (κ2) is 3.25. The Labute approximate surface area is 70.8 Å². The molecule has 0 aliphatic carbocycles. The van der Waals surface area contributed by atoms with Crippen molar-refractivity contribution >= 4 is 11.7 Å². The molecule has 1 amide bonds. The van der Waals surface area contributed by atoms with Gasteiger partial charge in [-0.25, -0.2) is 4.98 Å². The van der Waals surface area contributed by atoms with Gasteiger partial charge in [0.15, 0.2) is 11.5 Å². The van der Waals surface area contributed by atoms with E-state index in [1.807, 2.05) is 0 Å². The van der Waals surface area contributed by atoms with Crippen molar-refractivity contribution in [3.8, 4) is 0 Å². The Morgan fingerprint density at radius 1 is 1.58 bits per heavy atom. The number of carbonyl (C=O) groups excluding carboxylic acids is 1. The number of aromatic nitrogens is 2. The summed E-state index contributed by atoms with van der Waals surface area (Å²) in [5.41, 5.74) is 0.542. The molecule has 0 saturated heterocycles. The summed E-state index contributed by atoms with van der Waals surface area (Å²) in [6.07, 6.45) is 1.59. The number of nitrogens with one attached hydrogen (secondary N) is 2. The van der Waals surface area contributed by atoms with Crippen LogP contribution in [0.5, 0.6) is 0 Å². The molecule has 2 N–H and O–H groups in total. The first-order valence-electron chi connectivity index (χ1n) is 3.61. The van der Waals surface area contributed by atoms with Gasteiger partial charge in [-0.15, -0.1) is 0 Å². The molecule has 0 fully saturated rings. The molecule has 0 radical (unpaired) electrons. The van der Waals surface area contributed by atoms with E-state index in [4.69, 9.17) is 0 Å². The van der Waals surface area contributed by atoms with E-state index in [-0.39, 0.29) is 5.91 Å². The molecule has 0 aromatic carbocycles. The molecule has 0 saturated carbocycles. The zero-order valence-electron chi connectivity index (χ0n) is 7.38. The highest BCUT2D eigenvalue weighted by Crippen LogP contribution is 2.10. The first-order valence-corrected chi connectivity index (χ1v) is 3.61. The van der Waals surface area contributed by atoms with Gasteiger partial charge in [0.05, 0.1) is 6.33 Å². The fraction of sp³-hybridized carbons (Fsp3) is 0.429. The number of hydrogen-bond acceptors (Lipinski definition) is 3. The lowest BCUT2D eigenvalue weighted by Gasteiger charge is -2.02. The van der Waals surface area contributed by atoms with Gasteiger partial charge in [0.1, 0.15) is 0 Å². The highest BCUT2D eigenvalue weighted by molar-refractivity contribution is 5.96. The summed E-state index contributed by atoms with van der Waals surface area (Å²) in [5, 5.41) is 5.38. The van der Waals surface area contributed by atoms with E-state index in [0.717, 1.165) is 0 Å². The van der Waals surface area contributed by atoms with Crippen molar-refractivity contribution in [1.82, 2.24) is 14.9 Å². The molecule has 5 heteroatoms. The van der Waals surface area contributed by atoms with Crippen LogP contribution in [0.1, 0.15) is 10.5 Å². The number of nitrogens with zero attached hydrogens (tertiary/aromatic N) is 2. The Morgan fingerprint density at radius 2 is 2.25 bits per heavy atom. The second-order valence-electron chi connectivity index (χ2n) is 2.38. The number of carbonyl (C=O) groups is 1. The number of hydrogen-bond donors (Lipinski definition) is 2. The standard InChI is InChI=1S/C7H12N4O/c1-8-6-5(7(12)9-2)11(3)4-10-6/h4,8H,1-3H3,(H,9,12). The molecule has 12 heavy (non-hydrogen) atoms. The van der Waals surface area contributed by atoms with Gasteiger partial charge in [-0.1, -0.05) is 0 Å². The quantitative estimate of drug-likeness (QED) is 0.644. The maximum atomic E-state index is 11.3. The topological polar surface area (TPSA) is 59.0 Å². The van der Waals surface area contributed by atoms with Crippen LogP contribution in [0.3, 0.4) is 0 Å². The molecule has 5 nitrogen and oxygen atoms in total. The Kier molecular flexibility index (Phi) is 2.32. The molecule has 1 aromatic rings. The third-order valence-electron chi connectivity index (χ3n) is 1.62. The molecule has 0 bridgehead atoms. The third kappa shape index (κ3) is 1.25. The van der Waals surface area contributed by atoms with Crippen LogP contribution in [0, 0.1) is 0 Å². The van der Waals surface area contributed by atoms with Crippen LogP contribution in [0.4, 0.5) is 5.82 Å². The van der Waals surface area contributed by atoms with Crippen molar-refractivity contribution in [2.24, 2.45) is 7.05 Å². The fourth-order valence-electron chi connectivity index (χ4n) is 0.999. The molecule has 0 unspecified atom stereocenters. The number of amides is 1. The van der Waals surface area contributed by atoms with E-state index in [2.05, 4.69) is 15.6 Å². The molecule has 0 aliphatic rings. The average molecular weight is 168 g/mol. The van der Waals surface area contributed by atoms with Crippen molar-refractivity contribution in [3.63, 3.8) is 0 Å². The van der Waals surface area contributed by atoms with E-state index >= 15 is 0 Å². The van der Waals surface area contributed by atoms with E-state index < -0.39 is 0 Å². The van der Waals surface area contributed by atoms with Gasteiger partial charge in [0, 0.05) is 21.1 Å². The second-order valence-corrected chi connectivity index (χ2v) is 2.38. The molecule has 0 atom stereocenters. The van der Waals surface area contributed by atoms with Gasteiger partial charge in [-0.3, -0.25) is 4.79 Å². The van der Waals surface area contributed by atoms with Crippen LogP contribution in [0.15, 0.2) is 6.33 Å². The first kappa shape index (κ1) is 8.58. The molecule has 0 aliphatic heterocycles. The lowest BCUT2D eigenvalue weighted by atomic mass is 10.4. The first-order chi connectivity index (χ1) is 5.70. The highest BCUT2D eigenvalue weighted by Gasteiger charge is 2.13. The Balaban J connectivity index is 3.10. The zero-order valence-corrected chi connectivity index (χ0v) is 7.38. The van der Waals surface area contributed by atoms with Crippen molar-refractivity contribution in [2.45, 2.75) is 0 Å². The number of aryl methyl sites for hydroxylation is 1. The monoisotopic (exact) mass is 168 g/mol. The van der Waals surface area contributed by atoms with Gasteiger partial charge in [-0.05, 0) is 0 Å². The molecular weight excluding hydrogens is 156 g/mol. The van der Waals surface area contributed by atoms with Gasteiger partial charge in [0.2, 0.25) is 0 Å². The predicted molar refractivity (Wildman–Crippen MR) is 46.1 cm³/mol. The van der Waals surface area contributed by atoms with Crippen LogP contribution in [0.2, 0.25) is 0 Å². The average Bonchev–Trinajstić information content (AvgIpc) is 2.45. The molecule has 1 aromatic heterocycles. The van der Waals surface area contributed by atoms with Gasteiger partial charge < -0.3 is 15.2 Å². The summed E-state index contributed by atoms with van der Waals surface area (Å²) in [7, 11) is 5.10. The van der Waals surface area contributed by atoms with E-state index in [1.54, 1.807) is 32.0 Å². The molecule has 66 valence electrons. The van der Waals surface area contributed by atoms with Gasteiger partial charge in [0.25, 0.3) is 5.91 Å². The minimum absolute atomic E-state index is 0.139. The smallest absolute Gasteiger partial charge is 0.271 e. The summed E-state index contributed by atoms with van der Waals surface area (Å²) in [6.45, 7) is 0. The summed E-state index contributed by atoms with van der Waals surface area (Å²) in [6, 6.07) is 0. The Hall–Kier alpha value is -1.52. The minimum atomic E-state index is -0.139. The minimum Gasteiger partial charge on any atom is -0.371 e. The highest BCUT2D eigenvalue weighted by atomic mass is 16.1. The van der Waals surface area contributed by atoms with Crippen molar-refractivity contribution in [1.29, 1.82) is 0 Å². The maximum absolute atomic E-state index is 11.3. The molecule has 1 rings (SSSR count). The summed E-state index contributed by atoms with van der Waals surface area (Å²) in [5.74, 6) is 0.455. The van der Waals surface area contributed by atoms with Gasteiger partial charge >= 0.3 is 0 Å². The molecule has 1 heterocycles.